The highest BCUT2D eigenvalue weighted by Gasteiger charge is 2.18. The topological polar surface area (TPSA) is 52.6 Å². The fourth-order valence-corrected chi connectivity index (χ4v) is 1.52. The van der Waals surface area contributed by atoms with Gasteiger partial charge in [-0.3, -0.25) is 0 Å². The summed E-state index contributed by atoms with van der Waals surface area (Å²) in [6, 6.07) is 6.52. The molecule has 0 amide bonds. The van der Waals surface area contributed by atoms with Gasteiger partial charge in [0, 0.05) is 0 Å². The minimum atomic E-state index is -0.522. The molecule has 0 fully saturated rings. The first-order valence-electron chi connectivity index (χ1n) is 6.75. The van der Waals surface area contributed by atoms with Crippen LogP contribution in [0.25, 0.3) is 0 Å². The average Bonchev–Trinajstić information content (AvgIpc) is 2.47. The Labute approximate surface area is 119 Å². The first-order valence-corrected chi connectivity index (χ1v) is 6.75. The summed E-state index contributed by atoms with van der Waals surface area (Å²) in [5.74, 6) is -1.01. The summed E-state index contributed by atoms with van der Waals surface area (Å²) < 4.78 is 10.2. The van der Waals surface area contributed by atoms with Crippen LogP contribution >= 0.6 is 0 Å². The van der Waals surface area contributed by atoms with Crippen molar-refractivity contribution in [2.45, 2.75) is 26.7 Å². The molecule has 0 heterocycles. The van der Waals surface area contributed by atoms with Crippen molar-refractivity contribution in [3.63, 3.8) is 0 Å². The van der Waals surface area contributed by atoms with Gasteiger partial charge in [0.1, 0.15) is 6.61 Å². The van der Waals surface area contributed by atoms with Crippen LogP contribution in [-0.2, 0) is 9.47 Å². The molecule has 20 heavy (non-hydrogen) atoms. The lowest BCUT2D eigenvalue weighted by molar-refractivity contribution is 0.0471. The van der Waals surface area contributed by atoms with Gasteiger partial charge in [0.25, 0.3) is 0 Å². The smallest absolute Gasteiger partial charge is 0.339 e. The largest absolute Gasteiger partial charge is 0.462 e. The Bertz CT molecular complexity index is 477. The summed E-state index contributed by atoms with van der Waals surface area (Å²) in [5.41, 5.74) is 0.479. The van der Waals surface area contributed by atoms with Crippen LogP contribution in [0.4, 0.5) is 0 Å². The summed E-state index contributed by atoms with van der Waals surface area (Å²) in [7, 11) is 0. The lowest BCUT2D eigenvalue weighted by Gasteiger charge is -2.08. The summed E-state index contributed by atoms with van der Waals surface area (Å²) >= 11 is 0. The maximum absolute atomic E-state index is 11.9. The molecule has 0 radical (unpaired) electrons. The molecule has 0 unspecified atom stereocenters. The number of unbranched alkanes of at least 4 members (excludes halogenated alkanes) is 1. The Morgan fingerprint density at radius 1 is 1.10 bits per heavy atom. The molecule has 0 aliphatic rings. The number of esters is 2. The molecule has 0 saturated heterocycles. The molecule has 1 aromatic rings. The van der Waals surface area contributed by atoms with Gasteiger partial charge in [-0.15, -0.1) is 0 Å². The van der Waals surface area contributed by atoms with Crippen molar-refractivity contribution in [2.75, 3.05) is 13.2 Å². The van der Waals surface area contributed by atoms with E-state index in [0.717, 1.165) is 12.8 Å². The van der Waals surface area contributed by atoms with Gasteiger partial charge in [-0.1, -0.05) is 37.6 Å². The van der Waals surface area contributed by atoms with Crippen LogP contribution in [0.1, 0.15) is 47.4 Å². The zero-order valence-corrected chi connectivity index (χ0v) is 11.9. The van der Waals surface area contributed by atoms with E-state index < -0.39 is 11.9 Å². The minimum Gasteiger partial charge on any atom is -0.462 e. The number of hydrogen-bond donors (Lipinski definition) is 0. The molecule has 0 aliphatic heterocycles. The highest BCUT2D eigenvalue weighted by molar-refractivity contribution is 6.03. The highest BCUT2D eigenvalue weighted by Crippen LogP contribution is 2.12. The Kier molecular flexibility index (Phi) is 7.11. The fourth-order valence-electron chi connectivity index (χ4n) is 1.52. The monoisotopic (exact) mass is 276 g/mol. The van der Waals surface area contributed by atoms with Gasteiger partial charge in [-0.25, -0.2) is 9.59 Å². The third kappa shape index (κ3) is 4.88. The lowest BCUT2D eigenvalue weighted by Crippen LogP contribution is -2.14. The van der Waals surface area contributed by atoms with Crippen molar-refractivity contribution in [2.24, 2.45) is 0 Å². The van der Waals surface area contributed by atoms with E-state index in [1.54, 1.807) is 36.4 Å². The van der Waals surface area contributed by atoms with Crippen molar-refractivity contribution in [3.8, 4) is 0 Å². The molecule has 108 valence electrons. The molecular weight excluding hydrogens is 256 g/mol. The van der Waals surface area contributed by atoms with Crippen LogP contribution < -0.4 is 0 Å². The number of hydrogen-bond acceptors (Lipinski definition) is 4. The maximum Gasteiger partial charge on any atom is 0.339 e. The second-order valence-electron chi connectivity index (χ2n) is 4.20. The van der Waals surface area contributed by atoms with E-state index in [-0.39, 0.29) is 17.7 Å². The molecule has 0 N–H and O–H groups in total. The third-order valence-corrected chi connectivity index (χ3v) is 2.64. The van der Waals surface area contributed by atoms with Crippen LogP contribution in [0.2, 0.25) is 0 Å². The second-order valence-corrected chi connectivity index (χ2v) is 4.20. The van der Waals surface area contributed by atoms with Crippen LogP contribution in [0.5, 0.6) is 0 Å². The van der Waals surface area contributed by atoms with Gasteiger partial charge >= 0.3 is 11.9 Å². The van der Waals surface area contributed by atoms with Crippen LogP contribution in [0.15, 0.2) is 36.4 Å². The van der Waals surface area contributed by atoms with E-state index in [0.29, 0.717) is 6.61 Å². The molecule has 0 spiro atoms. The Morgan fingerprint density at radius 3 is 2.25 bits per heavy atom. The van der Waals surface area contributed by atoms with Crippen LogP contribution in [0, 0.1) is 0 Å². The van der Waals surface area contributed by atoms with Crippen molar-refractivity contribution in [1.82, 2.24) is 0 Å². The SMILES string of the molecule is CC=CCOC(=O)c1ccccc1C(=O)OCCCC. The first-order chi connectivity index (χ1) is 9.70. The normalized spacial score (nSPS) is 10.5. The first kappa shape index (κ1) is 16.0. The highest BCUT2D eigenvalue weighted by atomic mass is 16.5. The molecule has 0 bridgehead atoms. The molecule has 4 nitrogen and oxygen atoms in total. The zero-order valence-electron chi connectivity index (χ0n) is 11.9. The molecule has 0 atom stereocenters. The van der Waals surface area contributed by atoms with Crippen molar-refractivity contribution < 1.29 is 19.1 Å². The van der Waals surface area contributed by atoms with Crippen molar-refractivity contribution in [1.29, 1.82) is 0 Å². The molecule has 1 rings (SSSR count). The Balaban J connectivity index is 2.76. The summed E-state index contributed by atoms with van der Waals surface area (Å²) in [5, 5.41) is 0. The van der Waals surface area contributed by atoms with Gasteiger partial charge in [-0.05, 0) is 25.5 Å². The Hall–Kier alpha value is -2.10. The number of carbonyl (C=O) groups excluding carboxylic acids is 2. The van der Waals surface area contributed by atoms with Crippen LogP contribution in [-0.4, -0.2) is 25.2 Å². The lowest BCUT2D eigenvalue weighted by atomic mass is 10.1. The predicted octanol–water partition coefficient (Wildman–Crippen LogP) is 3.38. The standard InChI is InChI=1S/C16H20O4/c1-3-5-11-19-15(17)13-9-7-8-10-14(13)16(18)20-12-6-4-2/h3,5,7-10H,4,6,11-12H2,1-2H3. The molecular formula is C16H20O4. The van der Waals surface area contributed by atoms with E-state index in [2.05, 4.69) is 0 Å². The number of carbonyl (C=O) groups is 2. The fraction of sp³-hybridized carbons (Fsp3) is 0.375. The number of rotatable bonds is 7. The van der Waals surface area contributed by atoms with E-state index in [9.17, 15) is 9.59 Å². The second kappa shape index (κ2) is 8.91. The van der Waals surface area contributed by atoms with E-state index in [1.807, 2.05) is 13.8 Å². The van der Waals surface area contributed by atoms with Gasteiger partial charge in [0.15, 0.2) is 0 Å². The van der Waals surface area contributed by atoms with Gasteiger partial charge < -0.3 is 9.47 Å². The van der Waals surface area contributed by atoms with Gasteiger partial charge in [0.05, 0.1) is 17.7 Å². The zero-order chi connectivity index (χ0) is 14.8. The van der Waals surface area contributed by atoms with Gasteiger partial charge in [-0.2, -0.15) is 0 Å². The Morgan fingerprint density at radius 2 is 1.70 bits per heavy atom. The third-order valence-electron chi connectivity index (χ3n) is 2.64. The molecule has 1 aromatic carbocycles. The van der Waals surface area contributed by atoms with Gasteiger partial charge in [0.2, 0.25) is 0 Å². The van der Waals surface area contributed by atoms with E-state index in [1.165, 1.54) is 0 Å². The van der Waals surface area contributed by atoms with E-state index in [4.69, 9.17) is 9.47 Å². The minimum absolute atomic E-state index is 0.189. The average molecular weight is 276 g/mol. The number of allylic oxidation sites excluding steroid dienone is 1. The maximum atomic E-state index is 11.9. The summed E-state index contributed by atoms with van der Waals surface area (Å²) in [6.45, 7) is 4.40. The van der Waals surface area contributed by atoms with Crippen LogP contribution in [0.3, 0.4) is 0 Å². The number of benzene rings is 1. The van der Waals surface area contributed by atoms with Crippen molar-refractivity contribution in [3.05, 3.63) is 47.5 Å². The quantitative estimate of drug-likeness (QED) is 0.435. The van der Waals surface area contributed by atoms with E-state index >= 15 is 0 Å². The van der Waals surface area contributed by atoms with Crippen molar-refractivity contribution >= 4 is 11.9 Å². The summed E-state index contributed by atoms with van der Waals surface area (Å²) in [4.78, 5) is 23.8. The number of ether oxygens (including phenoxy) is 2. The molecule has 0 aromatic heterocycles. The molecule has 0 aliphatic carbocycles. The molecule has 4 heteroatoms. The predicted molar refractivity (Wildman–Crippen MR) is 76.7 cm³/mol. The summed E-state index contributed by atoms with van der Waals surface area (Å²) in [6.07, 6.45) is 5.26. The molecule has 0 saturated carbocycles.